The van der Waals surface area contributed by atoms with Crippen molar-refractivity contribution < 1.29 is 9.53 Å². The first-order valence-corrected chi connectivity index (χ1v) is 10.5. The van der Waals surface area contributed by atoms with Crippen LogP contribution >= 0.6 is 15.9 Å². The summed E-state index contributed by atoms with van der Waals surface area (Å²) in [6.45, 7) is 3.81. The molecule has 26 heavy (non-hydrogen) atoms. The average Bonchev–Trinajstić information content (AvgIpc) is 3.25. The summed E-state index contributed by atoms with van der Waals surface area (Å²) >= 11 is 3.39. The van der Waals surface area contributed by atoms with Crippen molar-refractivity contribution in [3.63, 3.8) is 0 Å². The van der Waals surface area contributed by atoms with E-state index >= 15 is 0 Å². The zero-order chi connectivity index (χ0) is 18.1. The van der Waals surface area contributed by atoms with Gasteiger partial charge in [-0.15, -0.1) is 0 Å². The lowest BCUT2D eigenvalue weighted by Gasteiger charge is -2.32. The van der Waals surface area contributed by atoms with Gasteiger partial charge in [0, 0.05) is 32.6 Å². The third-order valence-corrected chi connectivity index (χ3v) is 6.88. The van der Waals surface area contributed by atoms with Gasteiger partial charge in [0.25, 0.3) is 0 Å². The number of hydrogen-bond donors (Lipinski definition) is 0. The van der Waals surface area contributed by atoms with Crippen molar-refractivity contribution in [3.05, 3.63) is 10.7 Å². The van der Waals surface area contributed by atoms with Gasteiger partial charge < -0.3 is 14.5 Å². The first-order chi connectivity index (χ1) is 12.6. The number of carbonyl (C=O) groups is 1. The van der Waals surface area contributed by atoms with Crippen LogP contribution < -0.4 is 9.64 Å². The second kappa shape index (κ2) is 7.71. The minimum Gasteiger partial charge on any atom is -0.480 e. The fraction of sp³-hybridized carbons (Fsp3) is 0.737. The van der Waals surface area contributed by atoms with Crippen LogP contribution in [-0.4, -0.2) is 54.1 Å². The number of anilines is 1. The van der Waals surface area contributed by atoms with Crippen molar-refractivity contribution in [2.24, 2.45) is 17.8 Å². The van der Waals surface area contributed by atoms with E-state index in [9.17, 15) is 4.79 Å². The molecule has 6 nitrogen and oxygen atoms in total. The van der Waals surface area contributed by atoms with Gasteiger partial charge in [-0.05, 0) is 59.4 Å². The first-order valence-electron chi connectivity index (χ1n) is 9.73. The number of likely N-dealkylation sites (tertiary alicyclic amines) is 1. The Morgan fingerprint density at radius 2 is 1.92 bits per heavy atom. The van der Waals surface area contributed by atoms with Gasteiger partial charge in [0.15, 0.2) is 0 Å². The third kappa shape index (κ3) is 3.68. The minimum absolute atomic E-state index is 0.374. The number of hydrogen-bond acceptors (Lipinski definition) is 5. The topological polar surface area (TPSA) is 58.6 Å². The molecule has 1 aliphatic carbocycles. The van der Waals surface area contributed by atoms with E-state index in [1.54, 1.807) is 13.3 Å². The lowest BCUT2D eigenvalue weighted by molar-refractivity contribution is -0.131. The lowest BCUT2D eigenvalue weighted by Crippen LogP contribution is -2.37. The molecule has 0 aromatic carbocycles. The molecule has 2 saturated heterocycles. The van der Waals surface area contributed by atoms with E-state index < -0.39 is 0 Å². The van der Waals surface area contributed by atoms with Crippen molar-refractivity contribution >= 4 is 27.8 Å². The monoisotopic (exact) mass is 422 g/mol. The molecule has 3 heterocycles. The van der Waals surface area contributed by atoms with Gasteiger partial charge in [0.05, 0.1) is 17.8 Å². The van der Waals surface area contributed by atoms with Gasteiger partial charge in [0.1, 0.15) is 0 Å². The lowest BCUT2D eigenvalue weighted by atomic mass is 9.93. The zero-order valence-corrected chi connectivity index (χ0v) is 16.9. The standard InChI is InChI=1S/C19H27BrN4O2/c1-26-18-16(20)10-21-19(22-18)23-7-5-13(6-8-23)9-17(25)24-11-14-3-2-4-15(14)12-24/h10,13-15H,2-9,11-12H2,1H3. The molecule has 4 rings (SSSR count). The predicted molar refractivity (Wildman–Crippen MR) is 103 cm³/mol. The summed E-state index contributed by atoms with van der Waals surface area (Å²) in [5.74, 6) is 3.70. The highest BCUT2D eigenvalue weighted by atomic mass is 79.9. The van der Waals surface area contributed by atoms with E-state index in [4.69, 9.17) is 4.74 Å². The van der Waals surface area contributed by atoms with Gasteiger partial charge in [-0.25, -0.2) is 4.98 Å². The van der Waals surface area contributed by atoms with Crippen LogP contribution in [-0.2, 0) is 4.79 Å². The number of piperidine rings is 1. The molecular weight excluding hydrogens is 396 g/mol. The van der Waals surface area contributed by atoms with Crippen molar-refractivity contribution in [2.75, 3.05) is 38.2 Å². The van der Waals surface area contributed by atoms with Crippen molar-refractivity contribution in [1.29, 1.82) is 0 Å². The molecule has 1 amide bonds. The normalized spacial score (nSPS) is 26.2. The molecule has 2 atom stereocenters. The fourth-order valence-electron chi connectivity index (χ4n) is 4.79. The summed E-state index contributed by atoms with van der Waals surface area (Å²) in [6.07, 6.45) is 8.49. The largest absolute Gasteiger partial charge is 0.480 e. The number of methoxy groups -OCH3 is 1. The van der Waals surface area contributed by atoms with E-state index in [-0.39, 0.29) is 0 Å². The Morgan fingerprint density at radius 1 is 1.23 bits per heavy atom. The van der Waals surface area contributed by atoms with Crippen LogP contribution in [0.3, 0.4) is 0 Å². The van der Waals surface area contributed by atoms with Gasteiger partial charge in [0.2, 0.25) is 17.7 Å². The molecule has 0 spiro atoms. The SMILES string of the molecule is COc1nc(N2CCC(CC(=O)N3CC4CCCC4C3)CC2)ncc1Br. The number of halogens is 1. The molecule has 0 radical (unpaired) electrons. The van der Waals surface area contributed by atoms with Crippen LogP contribution in [0.5, 0.6) is 5.88 Å². The Balaban J connectivity index is 1.28. The second-order valence-corrected chi connectivity index (χ2v) is 8.77. The van der Waals surface area contributed by atoms with Crippen molar-refractivity contribution in [1.82, 2.24) is 14.9 Å². The zero-order valence-electron chi connectivity index (χ0n) is 15.4. The van der Waals surface area contributed by atoms with Crippen LogP contribution in [0.1, 0.15) is 38.5 Å². The minimum atomic E-state index is 0.374. The quantitative estimate of drug-likeness (QED) is 0.745. The Labute approximate surface area is 163 Å². The maximum atomic E-state index is 12.7. The average molecular weight is 423 g/mol. The molecule has 1 aromatic heterocycles. The van der Waals surface area contributed by atoms with Crippen molar-refractivity contribution in [2.45, 2.75) is 38.5 Å². The third-order valence-electron chi connectivity index (χ3n) is 6.33. The molecular formula is C19H27BrN4O2. The molecule has 2 aliphatic heterocycles. The van der Waals surface area contributed by atoms with Crippen LogP contribution in [0.2, 0.25) is 0 Å². The van der Waals surface area contributed by atoms with E-state index in [1.807, 2.05) is 0 Å². The number of nitrogens with zero attached hydrogens (tertiary/aromatic N) is 4. The maximum absolute atomic E-state index is 12.7. The van der Waals surface area contributed by atoms with E-state index in [0.717, 1.165) is 55.3 Å². The molecule has 142 valence electrons. The highest BCUT2D eigenvalue weighted by molar-refractivity contribution is 9.10. The van der Waals surface area contributed by atoms with Gasteiger partial charge in [-0.3, -0.25) is 4.79 Å². The second-order valence-electron chi connectivity index (χ2n) is 7.91. The number of aromatic nitrogens is 2. The van der Waals surface area contributed by atoms with E-state index in [1.165, 1.54) is 19.3 Å². The highest BCUT2D eigenvalue weighted by Gasteiger charge is 2.38. The van der Waals surface area contributed by atoms with Crippen LogP contribution in [0.25, 0.3) is 0 Å². The summed E-state index contributed by atoms with van der Waals surface area (Å²) in [4.78, 5) is 25.9. The summed E-state index contributed by atoms with van der Waals surface area (Å²) in [5, 5.41) is 0. The summed E-state index contributed by atoms with van der Waals surface area (Å²) in [6, 6.07) is 0. The first kappa shape index (κ1) is 18.0. The number of amides is 1. The van der Waals surface area contributed by atoms with Crippen LogP contribution in [0.15, 0.2) is 10.7 Å². The summed E-state index contributed by atoms with van der Waals surface area (Å²) in [7, 11) is 1.61. The predicted octanol–water partition coefficient (Wildman–Crippen LogP) is 3.11. The number of fused-ring (bicyclic) bond motifs is 1. The van der Waals surface area contributed by atoms with Gasteiger partial charge in [-0.2, -0.15) is 4.98 Å². The molecule has 1 saturated carbocycles. The highest BCUT2D eigenvalue weighted by Crippen LogP contribution is 2.38. The van der Waals surface area contributed by atoms with E-state index in [0.29, 0.717) is 30.1 Å². The fourth-order valence-corrected chi connectivity index (χ4v) is 5.14. The van der Waals surface area contributed by atoms with Gasteiger partial charge >= 0.3 is 0 Å². The molecule has 1 aromatic rings. The van der Waals surface area contributed by atoms with E-state index in [2.05, 4.69) is 35.7 Å². The number of carbonyl (C=O) groups excluding carboxylic acids is 1. The molecule has 3 fully saturated rings. The smallest absolute Gasteiger partial charge is 0.232 e. The van der Waals surface area contributed by atoms with Crippen LogP contribution in [0, 0.1) is 17.8 Å². The maximum Gasteiger partial charge on any atom is 0.232 e. The molecule has 7 heteroatoms. The summed E-state index contributed by atoms with van der Waals surface area (Å²) < 4.78 is 6.03. The molecule has 0 N–H and O–H groups in total. The van der Waals surface area contributed by atoms with Crippen LogP contribution in [0.4, 0.5) is 5.95 Å². The molecule has 3 aliphatic rings. The summed E-state index contributed by atoms with van der Waals surface area (Å²) in [5.41, 5.74) is 0. The Kier molecular flexibility index (Phi) is 5.34. The molecule has 2 unspecified atom stereocenters. The number of rotatable bonds is 4. The number of ether oxygens (including phenoxy) is 1. The Morgan fingerprint density at radius 3 is 2.58 bits per heavy atom. The Hall–Kier alpha value is -1.37. The van der Waals surface area contributed by atoms with Crippen molar-refractivity contribution in [3.8, 4) is 5.88 Å². The molecule has 0 bridgehead atoms. The van der Waals surface area contributed by atoms with Gasteiger partial charge in [-0.1, -0.05) is 6.42 Å². The Bertz CT molecular complexity index is 651.